The minimum Gasteiger partial charge on any atom is -0.331 e. The summed E-state index contributed by atoms with van der Waals surface area (Å²) in [5, 5.41) is 3.43. The molecule has 1 aromatic rings. The van der Waals surface area contributed by atoms with Gasteiger partial charge in [-0.05, 0) is 44.2 Å². The van der Waals surface area contributed by atoms with Crippen LogP contribution in [-0.2, 0) is 0 Å². The lowest BCUT2D eigenvalue weighted by Gasteiger charge is -2.38. The molecule has 1 saturated carbocycles. The molecule has 3 rings (SSSR count). The van der Waals surface area contributed by atoms with E-state index in [1.807, 2.05) is 24.5 Å². The Balaban J connectivity index is 0.00000192. The molecule has 5 heteroatoms. The molecule has 1 N–H and O–H groups in total. The summed E-state index contributed by atoms with van der Waals surface area (Å²) in [5.41, 5.74) is 0.882. The molecule has 1 saturated heterocycles. The molecule has 0 spiro atoms. The highest BCUT2D eigenvalue weighted by atomic mass is 35.5. The average molecular weight is 355 g/mol. The molecule has 128 valence electrons. The van der Waals surface area contributed by atoms with Gasteiger partial charge in [-0.25, -0.2) is 0 Å². The highest BCUT2D eigenvalue weighted by Gasteiger charge is 2.34. The van der Waals surface area contributed by atoms with Crippen molar-refractivity contribution in [2.45, 2.75) is 55.5 Å². The van der Waals surface area contributed by atoms with E-state index < -0.39 is 0 Å². The van der Waals surface area contributed by atoms with E-state index in [0.29, 0.717) is 12.1 Å². The Hall–Kier alpha value is -0.710. The van der Waals surface area contributed by atoms with Crippen molar-refractivity contribution in [2.24, 2.45) is 0 Å². The third-order valence-corrected chi connectivity index (χ3v) is 5.76. The van der Waals surface area contributed by atoms with E-state index in [1.54, 1.807) is 11.8 Å². The van der Waals surface area contributed by atoms with E-state index in [9.17, 15) is 4.79 Å². The third kappa shape index (κ3) is 4.23. The van der Waals surface area contributed by atoms with Crippen molar-refractivity contribution in [3.63, 3.8) is 0 Å². The van der Waals surface area contributed by atoms with Gasteiger partial charge in [-0.2, -0.15) is 0 Å². The van der Waals surface area contributed by atoms with E-state index in [-0.39, 0.29) is 18.3 Å². The van der Waals surface area contributed by atoms with Crippen LogP contribution < -0.4 is 5.32 Å². The maximum absolute atomic E-state index is 13.3. The summed E-state index contributed by atoms with van der Waals surface area (Å²) >= 11 is 1.67. The normalized spacial score (nSPS) is 21.7. The second kappa shape index (κ2) is 8.95. The lowest BCUT2D eigenvalue weighted by Crippen LogP contribution is -2.49. The molecular formula is C18H27ClN2OS. The fourth-order valence-electron chi connectivity index (χ4n) is 3.83. The van der Waals surface area contributed by atoms with Gasteiger partial charge < -0.3 is 10.2 Å². The quantitative estimate of drug-likeness (QED) is 0.830. The summed E-state index contributed by atoms with van der Waals surface area (Å²) in [7, 11) is 0. The van der Waals surface area contributed by atoms with Crippen LogP contribution in [-0.4, -0.2) is 42.2 Å². The van der Waals surface area contributed by atoms with Gasteiger partial charge in [-0.3, -0.25) is 4.79 Å². The highest BCUT2D eigenvalue weighted by Crippen LogP contribution is 2.29. The van der Waals surface area contributed by atoms with E-state index in [2.05, 4.69) is 16.3 Å². The SMILES string of the molecule is CSc1ccccc1C(=O)N(C1CCCCC1)[C@H]1CCNC1.Cl. The van der Waals surface area contributed by atoms with Crippen LogP contribution in [0.2, 0.25) is 0 Å². The Kier molecular flexibility index (Phi) is 7.25. The van der Waals surface area contributed by atoms with Crippen molar-refractivity contribution in [1.82, 2.24) is 10.2 Å². The second-order valence-corrected chi connectivity index (χ2v) is 7.20. The van der Waals surface area contributed by atoms with Crippen LogP contribution in [0.25, 0.3) is 0 Å². The van der Waals surface area contributed by atoms with Gasteiger partial charge in [-0.15, -0.1) is 24.2 Å². The fraction of sp³-hybridized carbons (Fsp3) is 0.611. The Labute approximate surface area is 150 Å². The molecule has 1 aliphatic heterocycles. The first-order valence-electron chi connectivity index (χ1n) is 8.47. The number of hydrogen-bond acceptors (Lipinski definition) is 3. The van der Waals surface area contributed by atoms with Crippen LogP contribution in [0, 0.1) is 0 Å². The van der Waals surface area contributed by atoms with Crippen LogP contribution in [0.5, 0.6) is 0 Å². The number of carbonyl (C=O) groups is 1. The van der Waals surface area contributed by atoms with Crippen molar-refractivity contribution < 1.29 is 4.79 Å². The van der Waals surface area contributed by atoms with Crippen molar-refractivity contribution >= 4 is 30.1 Å². The molecule has 0 aromatic heterocycles. The number of nitrogens with one attached hydrogen (secondary N) is 1. The maximum Gasteiger partial charge on any atom is 0.255 e. The van der Waals surface area contributed by atoms with Gasteiger partial charge in [-0.1, -0.05) is 31.4 Å². The predicted octanol–water partition coefficient (Wildman–Crippen LogP) is 3.97. The zero-order valence-corrected chi connectivity index (χ0v) is 15.4. The molecule has 0 bridgehead atoms. The molecule has 2 aliphatic rings. The van der Waals surface area contributed by atoms with E-state index >= 15 is 0 Å². The number of carbonyl (C=O) groups excluding carboxylic acids is 1. The minimum atomic E-state index is 0. The van der Waals surface area contributed by atoms with E-state index in [0.717, 1.165) is 30.0 Å². The standard InChI is InChI=1S/C18H26N2OS.ClH/c1-22-17-10-6-5-9-16(17)18(21)20(15-11-12-19-13-15)14-7-3-2-4-8-14;/h5-6,9-10,14-15,19H,2-4,7-8,11-13H2,1H3;1H/t15-;/m0./s1. The molecular weight excluding hydrogens is 328 g/mol. The summed E-state index contributed by atoms with van der Waals surface area (Å²) in [6, 6.07) is 8.85. The van der Waals surface area contributed by atoms with Gasteiger partial charge in [0.25, 0.3) is 5.91 Å². The summed E-state index contributed by atoms with van der Waals surface area (Å²) in [6.45, 7) is 1.98. The van der Waals surface area contributed by atoms with Crippen LogP contribution in [0.3, 0.4) is 0 Å². The lowest BCUT2D eigenvalue weighted by atomic mass is 9.92. The molecule has 23 heavy (non-hydrogen) atoms. The number of nitrogens with zero attached hydrogens (tertiary/aromatic N) is 1. The van der Waals surface area contributed by atoms with Gasteiger partial charge in [0.15, 0.2) is 0 Å². The number of thioether (sulfide) groups is 1. The Bertz CT molecular complexity index is 513. The summed E-state index contributed by atoms with van der Waals surface area (Å²) in [4.78, 5) is 16.6. The smallest absolute Gasteiger partial charge is 0.255 e. The Morgan fingerprint density at radius 1 is 1.13 bits per heavy atom. The summed E-state index contributed by atoms with van der Waals surface area (Å²) in [5.74, 6) is 0.241. The third-order valence-electron chi connectivity index (χ3n) is 4.97. The van der Waals surface area contributed by atoms with E-state index in [1.165, 1.54) is 32.1 Å². The molecule has 0 radical (unpaired) electrons. The predicted molar refractivity (Wildman–Crippen MR) is 99.8 cm³/mol. The molecule has 1 heterocycles. The number of amides is 1. The van der Waals surface area contributed by atoms with Gasteiger partial charge in [0.1, 0.15) is 0 Å². The van der Waals surface area contributed by atoms with Gasteiger partial charge in [0.2, 0.25) is 0 Å². The first-order valence-corrected chi connectivity index (χ1v) is 9.70. The highest BCUT2D eigenvalue weighted by molar-refractivity contribution is 7.98. The van der Waals surface area contributed by atoms with Crippen LogP contribution in [0.1, 0.15) is 48.9 Å². The fourth-order valence-corrected chi connectivity index (χ4v) is 4.42. The number of rotatable bonds is 4. The summed E-state index contributed by atoms with van der Waals surface area (Å²) in [6.07, 6.45) is 9.32. The number of hydrogen-bond donors (Lipinski definition) is 1. The van der Waals surface area contributed by atoms with Crippen molar-refractivity contribution in [3.05, 3.63) is 29.8 Å². The number of benzene rings is 1. The monoisotopic (exact) mass is 354 g/mol. The topological polar surface area (TPSA) is 32.3 Å². The van der Waals surface area contributed by atoms with Gasteiger partial charge in [0, 0.05) is 23.5 Å². The van der Waals surface area contributed by atoms with Crippen LogP contribution >= 0.6 is 24.2 Å². The zero-order valence-electron chi connectivity index (χ0n) is 13.8. The Morgan fingerprint density at radius 3 is 2.52 bits per heavy atom. The van der Waals surface area contributed by atoms with Crippen molar-refractivity contribution in [1.29, 1.82) is 0 Å². The zero-order chi connectivity index (χ0) is 15.4. The number of halogens is 1. The summed E-state index contributed by atoms with van der Waals surface area (Å²) < 4.78 is 0. The molecule has 1 aromatic carbocycles. The van der Waals surface area contributed by atoms with Crippen molar-refractivity contribution in [3.8, 4) is 0 Å². The Morgan fingerprint density at radius 2 is 1.87 bits per heavy atom. The van der Waals surface area contributed by atoms with Gasteiger partial charge >= 0.3 is 0 Å². The lowest BCUT2D eigenvalue weighted by molar-refractivity contribution is 0.0531. The molecule has 3 nitrogen and oxygen atoms in total. The molecule has 2 fully saturated rings. The molecule has 0 unspecified atom stereocenters. The first kappa shape index (κ1) is 18.6. The van der Waals surface area contributed by atoms with E-state index in [4.69, 9.17) is 0 Å². The molecule has 1 amide bonds. The molecule has 1 atom stereocenters. The van der Waals surface area contributed by atoms with Crippen LogP contribution in [0.4, 0.5) is 0 Å². The average Bonchev–Trinajstić information content (AvgIpc) is 3.10. The second-order valence-electron chi connectivity index (χ2n) is 6.35. The largest absolute Gasteiger partial charge is 0.331 e. The molecule has 1 aliphatic carbocycles. The first-order chi connectivity index (χ1) is 10.8. The maximum atomic E-state index is 13.3. The van der Waals surface area contributed by atoms with Crippen molar-refractivity contribution in [2.75, 3.05) is 19.3 Å². The minimum absolute atomic E-state index is 0. The van der Waals surface area contributed by atoms with Gasteiger partial charge in [0.05, 0.1) is 5.56 Å². The van der Waals surface area contributed by atoms with Crippen LogP contribution in [0.15, 0.2) is 29.2 Å².